The molecule has 1 N–H and O–H groups in total. The van der Waals surface area contributed by atoms with Gasteiger partial charge in [0, 0.05) is 18.5 Å². The molecule has 0 bridgehead atoms. The van der Waals surface area contributed by atoms with Crippen molar-refractivity contribution in [2.24, 2.45) is 4.36 Å². The summed E-state index contributed by atoms with van der Waals surface area (Å²) < 4.78 is 37.6. The Balaban J connectivity index is 1.44. The van der Waals surface area contributed by atoms with Crippen molar-refractivity contribution in [2.75, 3.05) is 5.32 Å². The summed E-state index contributed by atoms with van der Waals surface area (Å²) in [6.07, 6.45) is 3.95. The molecule has 3 aliphatic rings. The van der Waals surface area contributed by atoms with Crippen LogP contribution in [0.4, 0.5) is 14.9 Å². The van der Waals surface area contributed by atoms with Crippen LogP contribution in [0.5, 0.6) is 5.88 Å². The van der Waals surface area contributed by atoms with Gasteiger partial charge in [-0.3, -0.25) is 0 Å². The quantitative estimate of drug-likeness (QED) is 0.754. The minimum atomic E-state index is -2.34. The van der Waals surface area contributed by atoms with Gasteiger partial charge in [-0.05, 0) is 48.4 Å². The van der Waals surface area contributed by atoms with E-state index in [0.29, 0.717) is 35.8 Å². The molecule has 7 nitrogen and oxygen atoms in total. The van der Waals surface area contributed by atoms with Crippen molar-refractivity contribution in [3.05, 3.63) is 34.5 Å². The maximum absolute atomic E-state index is 14.0. The summed E-state index contributed by atoms with van der Waals surface area (Å²) in [5, 5.41) is 6.95. The van der Waals surface area contributed by atoms with Gasteiger partial charge in [0.05, 0.1) is 23.3 Å². The number of halogens is 1. The number of amides is 2. The molecule has 0 radical (unpaired) electrons. The van der Waals surface area contributed by atoms with Crippen LogP contribution >= 0.6 is 0 Å². The number of hydrogen-bond acceptors (Lipinski definition) is 4. The van der Waals surface area contributed by atoms with E-state index < -0.39 is 22.8 Å². The van der Waals surface area contributed by atoms with Gasteiger partial charge in [-0.15, -0.1) is 4.36 Å². The van der Waals surface area contributed by atoms with Crippen LogP contribution < -0.4 is 10.1 Å². The Hall–Kier alpha value is -2.42. The average Bonchev–Trinajstić information content (AvgIpc) is 3.37. The molecular weight excluding hydrogens is 383 g/mol. The highest BCUT2D eigenvalue weighted by Gasteiger charge is 2.30. The zero-order valence-corrected chi connectivity index (χ0v) is 16.3. The van der Waals surface area contributed by atoms with Crippen LogP contribution in [0, 0.1) is 0 Å². The first-order valence-electron chi connectivity index (χ1n) is 9.52. The van der Waals surface area contributed by atoms with E-state index in [1.165, 1.54) is 11.8 Å². The molecule has 1 aromatic carbocycles. The highest BCUT2D eigenvalue weighted by Crippen LogP contribution is 2.39. The SMILES string of the molecule is C[C@@H]1Cn2ncc([SH](=O)=NC(=O)Nc3c4c(cc5c3C[C@@H](F)C5)CCC4)c2O1. The number of benzene rings is 1. The van der Waals surface area contributed by atoms with Crippen LogP contribution in [0.2, 0.25) is 0 Å². The number of nitrogens with one attached hydrogen (secondary N) is 1. The molecule has 28 heavy (non-hydrogen) atoms. The lowest BCUT2D eigenvalue weighted by Gasteiger charge is -2.14. The predicted octanol–water partition coefficient (Wildman–Crippen LogP) is 2.85. The number of alkyl halides is 1. The molecule has 5 rings (SSSR count). The predicted molar refractivity (Wildman–Crippen MR) is 102 cm³/mol. The molecule has 1 unspecified atom stereocenters. The van der Waals surface area contributed by atoms with Gasteiger partial charge in [0.2, 0.25) is 5.88 Å². The van der Waals surface area contributed by atoms with Crippen molar-refractivity contribution in [2.45, 2.75) is 62.7 Å². The third-order valence-corrected chi connectivity index (χ3v) is 6.68. The molecule has 2 amide bonds. The van der Waals surface area contributed by atoms with E-state index in [9.17, 15) is 13.4 Å². The molecule has 1 aromatic heterocycles. The molecule has 0 fully saturated rings. The summed E-state index contributed by atoms with van der Waals surface area (Å²) in [6.45, 7) is 2.47. The number of aryl methyl sites for hydroxylation is 1. The number of fused-ring (bicyclic) bond motifs is 3. The van der Waals surface area contributed by atoms with Gasteiger partial charge >= 0.3 is 6.03 Å². The number of urea groups is 1. The van der Waals surface area contributed by atoms with Crippen molar-refractivity contribution in [3.8, 4) is 5.88 Å². The second kappa shape index (κ2) is 6.58. The Bertz CT molecular complexity index is 1070. The van der Waals surface area contributed by atoms with E-state index in [0.717, 1.165) is 36.0 Å². The number of carbonyl (C=O) groups is 1. The van der Waals surface area contributed by atoms with E-state index in [-0.39, 0.29) is 6.10 Å². The third-order valence-electron chi connectivity index (χ3n) is 5.60. The van der Waals surface area contributed by atoms with E-state index in [4.69, 9.17) is 4.74 Å². The van der Waals surface area contributed by atoms with Crippen LogP contribution in [0.15, 0.2) is 21.5 Å². The van der Waals surface area contributed by atoms with Crippen molar-refractivity contribution in [1.82, 2.24) is 9.78 Å². The second-order valence-corrected chi connectivity index (χ2v) is 8.86. The van der Waals surface area contributed by atoms with Crippen LogP contribution in [0.1, 0.15) is 35.6 Å². The van der Waals surface area contributed by atoms with Crippen molar-refractivity contribution in [3.63, 3.8) is 0 Å². The number of aromatic nitrogens is 2. The topological polar surface area (TPSA) is 85.6 Å². The Labute approximate surface area is 163 Å². The van der Waals surface area contributed by atoms with Gasteiger partial charge in [-0.25, -0.2) is 18.1 Å². The summed E-state index contributed by atoms with van der Waals surface area (Å²) in [4.78, 5) is 12.9. The third kappa shape index (κ3) is 2.88. The lowest BCUT2D eigenvalue weighted by Crippen LogP contribution is -2.12. The summed E-state index contributed by atoms with van der Waals surface area (Å²) in [7, 11) is -2.34. The Kier molecular flexibility index (Phi) is 4.15. The zero-order chi connectivity index (χ0) is 19.4. The lowest BCUT2D eigenvalue weighted by atomic mass is 9.99. The van der Waals surface area contributed by atoms with Crippen molar-refractivity contribution < 1.29 is 18.1 Å². The normalized spacial score (nSPS) is 23.2. The standard InChI is InChI=1S/C19H21FN4O3S/c1-10-9-24-18(27-10)16(8-21-24)28(26)23-19(25)22-17-14-4-2-3-11(14)5-12-6-13(20)7-15(12)17/h5,8,10,13,28H,2-4,6-7,9H2,1H3,(H,22,25)/t10-,13+/m1/s1. The zero-order valence-electron chi connectivity index (χ0n) is 15.4. The van der Waals surface area contributed by atoms with Crippen LogP contribution in [0.25, 0.3) is 0 Å². The summed E-state index contributed by atoms with van der Waals surface area (Å²) >= 11 is 0. The first-order valence-corrected chi connectivity index (χ1v) is 10.7. The van der Waals surface area contributed by atoms with E-state index in [1.54, 1.807) is 4.68 Å². The number of carbonyl (C=O) groups excluding carboxylic acids is 1. The average molecular weight is 404 g/mol. The first kappa shape index (κ1) is 17.7. The highest BCUT2D eigenvalue weighted by atomic mass is 32.2. The van der Waals surface area contributed by atoms with E-state index in [1.807, 2.05) is 6.92 Å². The smallest absolute Gasteiger partial charge is 0.353 e. The fourth-order valence-corrected chi connectivity index (χ4v) is 5.24. The Morgan fingerprint density at radius 2 is 2.21 bits per heavy atom. The number of hydrogen-bond donors (Lipinski definition) is 2. The van der Waals surface area contributed by atoms with Gasteiger partial charge in [0.25, 0.3) is 0 Å². The monoisotopic (exact) mass is 404 g/mol. The Morgan fingerprint density at radius 1 is 1.36 bits per heavy atom. The molecule has 2 heterocycles. The minimum absolute atomic E-state index is 0.0529. The van der Waals surface area contributed by atoms with Gasteiger partial charge in [0.1, 0.15) is 17.2 Å². The van der Waals surface area contributed by atoms with Gasteiger partial charge in [0.15, 0.2) is 0 Å². The number of nitrogens with zero attached hydrogens (tertiary/aromatic N) is 3. The molecule has 0 saturated heterocycles. The number of thiol groups is 1. The molecule has 1 aliphatic heterocycles. The minimum Gasteiger partial charge on any atom is -0.472 e. The maximum atomic E-state index is 14.0. The number of anilines is 1. The van der Waals surface area contributed by atoms with Gasteiger partial charge in [-0.1, -0.05) is 6.07 Å². The van der Waals surface area contributed by atoms with E-state index in [2.05, 4.69) is 20.8 Å². The fraction of sp³-hybridized carbons (Fsp3) is 0.474. The molecule has 9 heteroatoms. The van der Waals surface area contributed by atoms with Gasteiger partial charge < -0.3 is 10.1 Å². The number of ether oxygens (including phenoxy) is 1. The Morgan fingerprint density at radius 3 is 3.07 bits per heavy atom. The van der Waals surface area contributed by atoms with Crippen LogP contribution in [0.3, 0.4) is 0 Å². The van der Waals surface area contributed by atoms with Crippen molar-refractivity contribution >= 4 is 22.3 Å². The molecule has 148 valence electrons. The number of rotatable bonds is 2. The molecule has 3 atom stereocenters. The molecule has 0 saturated carbocycles. The van der Waals surface area contributed by atoms with Crippen molar-refractivity contribution in [1.29, 1.82) is 0 Å². The largest absolute Gasteiger partial charge is 0.472 e. The molecule has 2 aromatic rings. The van der Waals surface area contributed by atoms with Gasteiger partial charge in [-0.2, -0.15) is 5.10 Å². The summed E-state index contributed by atoms with van der Waals surface area (Å²) in [5.74, 6) is 0.409. The summed E-state index contributed by atoms with van der Waals surface area (Å²) in [6, 6.07) is 1.40. The highest BCUT2D eigenvalue weighted by molar-refractivity contribution is 7.75. The molecule has 0 spiro atoms. The van der Waals surface area contributed by atoms with Crippen LogP contribution in [-0.4, -0.2) is 32.3 Å². The molecule has 2 aliphatic carbocycles. The second-order valence-electron chi connectivity index (χ2n) is 7.63. The first-order chi connectivity index (χ1) is 13.5. The van der Waals surface area contributed by atoms with Crippen LogP contribution in [-0.2, 0) is 42.8 Å². The lowest BCUT2D eigenvalue weighted by molar-refractivity contribution is 0.248. The molecular formula is C19H21FN4O3S. The van der Waals surface area contributed by atoms with E-state index >= 15 is 0 Å². The maximum Gasteiger partial charge on any atom is 0.353 e. The summed E-state index contributed by atoms with van der Waals surface area (Å²) in [5.41, 5.74) is 4.73. The fourth-order valence-electron chi connectivity index (χ4n) is 4.44.